The lowest BCUT2D eigenvalue weighted by Gasteiger charge is -2.10. The van der Waals surface area contributed by atoms with E-state index in [2.05, 4.69) is 4.98 Å². The molecule has 19 heavy (non-hydrogen) atoms. The molecule has 2 N–H and O–H groups in total. The van der Waals surface area contributed by atoms with Crippen LogP contribution in [-0.2, 0) is 0 Å². The molecule has 4 nitrogen and oxygen atoms in total. The van der Waals surface area contributed by atoms with Crippen LogP contribution in [0, 0.1) is 0 Å². The molecule has 0 radical (unpaired) electrons. The predicted octanol–water partition coefficient (Wildman–Crippen LogP) is 3.16. The fourth-order valence-corrected chi connectivity index (χ4v) is 2.15. The van der Waals surface area contributed by atoms with Gasteiger partial charge in [-0.2, -0.15) is 0 Å². The molecule has 0 spiro atoms. The highest BCUT2D eigenvalue weighted by Gasteiger charge is 2.14. The Morgan fingerprint density at radius 3 is 2.53 bits per heavy atom. The maximum Gasteiger partial charge on any atom is 0.249 e. The van der Waals surface area contributed by atoms with Gasteiger partial charge in [-0.15, -0.1) is 0 Å². The van der Waals surface area contributed by atoms with E-state index < -0.39 is 5.91 Å². The van der Waals surface area contributed by atoms with Crippen molar-refractivity contribution in [1.29, 1.82) is 0 Å². The number of pyridine rings is 1. The van der Waals surface area contributed by atoms with E-state index in [0.717, 1.165) is 0 Å². The second-order valence-corrected chi connectivity index (χ2v) is 4.49. The SMILES string of the molecule is COc1ccc(C(N)=O)c(-c2ccc(Cl)nc2Cl)c1. The number of hydrogen-bond donors (Lipinski definition) is 1. The third kappa shape index (κ3) is 2.80. The molecule has 2 aromatic rings. The standard InChI is InChI=1S/C13H10Cl2N2O2/c1-19-7-2-3-9(13(16)18)10(6-7)8-4-5-11(14)17-12(8)15/h2-6H,1H3,(H2,16,18). The average molecular weight is 297 g/mol. The molecule has 0 atom stereocenters. The first kappa shape index (κ1) is 13.6. The topological polar surface area (TPSA) is 65.2 Å². The molecule has 0 aliphatic rings. The Morgan fingerprint density at radius 2 is 1.95 bits per heavy atom. The third-order valence-corrected chi connectivity index (χ3v) is 3.10. The third-order valence-electron chi connectivity index (χ3n) is 2.60. The number of ether oxygens (including phenoxy) is 1. The number of nitrogens with zero attached hydrogens (tertiary/aromatic N) is 1. The van der Waals surface area contributed by atoms with E-state index in [0.29, 0.717) is 22.4 Å². The summed E-state index contributed by atoms with van der Waals surface area (Å²) in [6.45, 7) is 0. The molecule has 0 saturated carbocycles. The number of carbonyl (C=O) groups is 1. The van der Waals surface area contributed by atoms with Crippen LogP contribution in [0.1, 0.15) is 10.4 Å². The van der Waals surface area contributed by atoms with Crippen molar-refractivity contribution >= 4 is 29.1 Å². The van der Waals surface area contributed by atoms with Gasteiger partial charge in [0.25, 0.3) is 0 Å². The number of hydrogen-bond acceptors (Lipinski definition) is 3. The van der Waals surface area contributed by atoms with Gasteiger partial charge in [-0.25, -0.2) is 4.98 Å². The predicted molar refractivity (Wildman–Crippen MR) is 74.8 cm³/mol. The summed E-state index contributed by atoms with van der Waals surface area (Å²) in [5.41, 5.74) is 6.82. The zero-order valence-corrected chi connectivity index (χ0v) is 11.5. The first-order chi connectivity index (χ1) is 9.02. The van der Waals surface area contributed by atoms with Crippen molar-refractivity contribution in [3.05, 3.63) is 46.2 Å². The molecule has 0 bridgehead atoms. The molecule has 0 aliphatic heterocycles. The number of aromatic nitrogens is 1. The summed E-state index contributed by atoms with van der Waals surface area (Å²) in [5.74, 6) is 0.0367. The van der Waals surface area contributed by atoms with Crippen molar-refractivity contribution in [1.82, 2.24) is 4.98 Å². The molecule has 2 rings (SSSR count). The Hall–Kier alpha value is -1.78. The molecule has 1 heterocycles. The molecule has 0 saturated heterocycles. The van der Waals surface area contributed by atoms with E-state index in [1.807, 2.05) is 0 Å². The van der Waals surface area contributed by atoms with E-state index in [9.17, 15) is 4.79 Å². The summed E-state index contributed by atoms with van der Waals surface area (Å²) in [6.07, 6.45) is 0. The second-order valence-electron chi connectivity index (χ2n) is 3.75. The molecule has 1 aromatic heterocycles. The lowest BCUT2D eigenvalue weighted by Crippen LogP contribution is -2.12. The zero-order valence-electron chi connectivity index (χ0n) is 9.98. The van der Waals surface area contributed by atoms with Gasteiger partial charge in [0.2, 0.25) is 5.91 Å². The number of carbonyl (C=O) groups excluding carboxylic acids is 1. The van der Waals surface area contributed by atoms with Gasteiger partial charge in [-0.05, 0) is 30.3 Å². The highest BCUT2D eigenvalue weighted by molar-refractivity contribution is 6.34. The first-order valence-corrected chi connectivity index (χ1v) is 6.08. The molecular weight excluding hydrogens is 287 g/mol. The van der Waals surface area contributed by atoms with Gasteiger partial charge in [0.05, 0.1) is 7.11 Å². The molecular formula is C13H10Cl2N2O2. The van der Waals surface area contributed by atoms with Crippen LogP contribution in [0.4, 0.5) is 0 Å². The number of benzene rings is 1. The van der Waals surface area contributed by atoms with Crippen molar-refractivity contribution < 1.29 is 9.53 Å². The molecule has 0 fully saturated rings. The lowest BCUT2D eigenvalue weighted by molar-refractivity contribution is 0.100. The number of halogens is 2. The minimum atomic E-state index is -0.552. The highest BCUT2D eigenvalue weighted by Crippen LogP contribution is 2.32. The molecule has 0 aliphatic carbocycles. The van der Waals surface area contributed by atoms with Crippen LogP contribution in [0.25, 0.3) is 11.1 Å². The summed E-state index contributed by atoms with van der Waals surface area (Å²) < 4.78 is 5.13. The van der Waals surface area contributed by atoms with Crippen LogP contribution in [0.2, 0.25) is 10.3 Å². The molecule has 1 amide bonds. The van der Waals surface area contributed by atoms with Gasteiger partial charge in [0.15, 0.2) is 0 Å². The van der Waals surface area contributed by atoms with Gasteiger partial charge < -0.3 is 10.5 Å². The maximum atomic E-state index is 11.5. The fraction of sp³-hybridized carbons (Fsp3) is 0.0769. The zero-order chi connectivity index (χ0) is 14.0. The van der Waals surface area contributed by atoms with E-state index in [1.165, 1.54) is 7.11 Å². The van der Waals surface area contributed by atoms with Gasteiger partial charge in [-0.3, -0.25) is 4.79 Å². The normalized spacial score (nSPS) is 10.3. The van der Waals surface area contributed by atoms with Gasteiger partial charge in [0.1, 0.15) is 16.1 Å². The van der Waals surface area contributed by atoms with Crippen LogP contribution in [-0.4, -0.2) is 18.0 Å². The van der Waals surface area contributed by atoms with Crippen molar-refractivity contribution in [3.63, 3.8) is 0 Å². The smallest absolute Gasteiger partial charge is 0.249 e. The molecule has 6 heteroatoms. The van der Waals surface area contributed by atoms with E-state index in [4.69, 9.17) is 33.7 Å². The van der Waals surface area contributed by atoms with Crippen LogP contribution in [0.15, 0.2) is 30.3 Å². The van der Waals surface area contributed by atoms with Crippen LogP contribution < -0.4 is 10.5 Å². The van der Waals surface area contributed by atoms with Crippen molar-refractivity contribution in [2.75, 3.05) is 7.11 Å². The summed E-state index contributed by atoms with van der Waals surface area (Å²) >= 11 is 11.8. The summed E-state index contributed by atoms with van der Waals surface area (Å²) in [6, 6.07) is 8.19. The van der Waals surface area contributed by atoms with Crippen molar-refractivity contribution in [3.8, 4) is 16.9 Å². The quantitative estimate of drug-likeness (QED) is 0.885. The Bertz CT molecular complexity index is 645. The monoisotopic (exact) mass is 296 g/mol. The fourth-order valence-electron chi connectivity index (χ4n) is 1.70. The largest absolute Gasteiger partial charge is 0.497 e. The van der Waals surface area contributed by atoms with Crippen molar-refractivity contribution in [2.45, 2.75) is 0 Å². The molecule has 1 aromatic carbocycles. The van der Waals surface area contributed by atoms with E-state index in [1.54, 1.807) is 30.3 Å². The highest BCUT2D eigenvalue weighted by atomic mass is 35.5. The molecule has 98 valence electrons. The van der Waals surface area contributed by atoms with Gasteiger partial charge >= 0.3 is 0 Å². The van der Waals surface area contributed by atoms with Crippen molar-refractivity contribution in [2.24, 2.45) is 5.73 Å². The number of nitrogens with two attached hydrogens (primary N) is 1. The minimum absolute atomic E-state index is 0.197. The van der Waals surface area contributed by atoms with E-state index >= 15 is 0 Å². The Kier molecular flexibility index (Phi) is 3.93. The molecule has 0 unspecified atom stereocenters. The van der Waals surface area contributed by atoms with Gasteiger partial charge in [0, 0.05) is 16.7 Å². The second kappa shape index (κ2) is 5.47. The summed E-state index contributed by atoms with van der Waals surface area (Å²) in [4.78, 5) is 15.4. The van der Waals surface area contributed by atoms with Crippen LogP contribution in [0.3, 0.4) is 0 Å². The Balaban J connectivity index is 2.68. The number of methoxy groups -OCH3 is 1. The maximum absolute atomic E-state index is 11.5. The minimum Gasteiger partial charge on any atom is -0.497 e. The van der Waals surface area contributed by atoms with Crippen LogP contribution in [0.5, 0.6) is 5.75 Å². The average Bonchev–Trinajstić information content (AvgIpc) is 2.38. The summed E-state index contributed by atoms with van der Waals surface area (Å²) in [5, 5.41) is 0.473. The number of amides is 1. The van der Waals surface area contributed by atoms with Gasteiger partial charge in [-0.1, -0.05) is 23.2 Å². The lowest BCUT2D eigenvalue weighted by atomic mass is 10.0. The van der Waals surface area contributed by atoms with E-state index in [-0.39, 0.29) is 10.3 Å². The summed E-state index contributed by atoms with van der Waals surface area (Å²) in [7, 11) is 1.53. The number of primary amides is 1. The first-order valence-electron chi connectivity index (χ1n) is 5.33. The Labute approximate surface area is 120 Å². The van der Waals surface area contributed by atoms with Crippen LogP contribution >= 0.6 is 23.2 Å². The number of rotatable bonds is 3. The Morgan fingerprint density at radius 1 is 1.21 bits per heavy atom.